The average molecular weight is 445 g/mol. The quantitative estimate of drug-likeness (QED) is 0.549. The molecule has 6 heteroatoms. The molecule has 3 aromatic rings. The molecule has 2 aliphatic heterocycles. The summed E-state index contributed by atoms with van der Waals surface area (Å²) in [6.45, 7) is 3.74. The minimum absolute atomic E-state index is 0.0737. The molecule has 0 saturated carbocycles. The number of hydrogen-bond acceptors (Lipinski definition) is 4. The second-order valence-corrected chi connectivity index (χ2v) is 9.04. The van der Waals surface area contributed by atoms with Crippen LogP contribution in [0.2, 0.25) is 0 Å². The van der Waals surface area contributed by atoms with Crippen LogP contribution < -0.4 is 0 Å². The zero-order chi connectivity index (χ0) is 22.6. The Morgan fingerprint density at radius 3 is 2.70 bits per heavy atom. The predicted octanol–water partition coefficient (Wildman–Crippen LogP) is 4.78. The second kappa shape index (κ2) is 9.79. The highest BCUT2D eigenvalue weighted by molar-refractivity contribution is 5.96. The first-order valence-corrected chi connectivity index (χ1v) is 11.8. The van der Waals surface area contributed by atoms with Crippen LogP contribution in [0.3, 0.4) is 0 Å². The minimum atomic E-state index is -0.253. The van der Waals surface area contributed by atoms with Gasteiger partial charge in [0.2, 0.25) is 0 Å². The summed E-state index contributed by atoms with van der Waals surface area (Å²) in [4.78, 5) is 27.3. The molecule has 2 saturated heterocycles. The Hall–Kier alpha value is -3.12. The number of hydrogen-bond donors (Lipinski definition) is 0. The number of aromatic nitrogens is 2. The van der Waals surface area contributed by atoms with Gasteiger partial charge in [-0.05, 0) is 68.1 Å². The van der Waals surface area contributed by atoms with Crippen molar-refractivity contribution in [3.05, 3.63) is 94.8 Å². The lowest BCUT2D eigenvalue weighted by Gasteiger charge is -2.26. The number of nitrogens with zero attached hydrogens (tertiary/aromatic N) is 4. The standard InChI is InChI=1S/C27H29FN4O/c28-22-9-5-7-20(15-22)16-23-17-29-18-25(30-23)26-11-6-14-32(26)27(33)24-10-2-1-8-21(24)19-31-12-3-4-13-31/h1-2,5,7-10,15,17-18,26H,3-4,6,11-14,16,19H2/t26-/m1/s1. The summed E-state index contributed by atoms with van der Waals surface area (Å²) in [5.41, 5.74) is 4.34. The average Bonchev–Trinajstić information content (AvgIpc) is 3.52. The summed E-state index contributed by atoms with van der Waals surface area (Å²) in [5, 5.41) is 0. The molecular weight excluding hydrogens is 415 g/mol. The summed E-state index contributed by atoms with van der Waals surface area (Å²) >= 11 is 0. The molecule has 0 unspecified atom stereocenters. The molecule has 3 heterocycles. The Kier molecular flexibility index (Phi) is 6.44. The number of carbonyl (C=O) groups is 1. The maximum atomic E-state index is 13.7. The second-order valence-electron chi connectivity index (χ2n) is 9.04. The molecule has 0 bridgehead atoms. The molecule has 0 N–H and O–H groups in total. The van der Waals surface area contributed by atoms with E-state index in [0.717, 1.165) is 67.1 Å². The molecule has 5 rings (SSSR count). The smallest absolute Gasteiger partial charge is 0.254 e. The zero-order valence-electron chi connectivity index (χ0n) is 18.8. The van der Waals surface area contributed by atoms with Gasteiger partial charge in [0.05, 0.1) is 23.6 Å². The summed E-state index contributed by atoms with van der Waals surface area (Å²) in [6.07, 6.45) is 8.28. The van der Waals surface area contributed by atoms with Gasteiger partial charge in [0, 0.05) is 31.3 Å². The Bertz CT molecular complexity index is 1130. The molecule has 2 aromatic carbocycles. The van der Waals surface area contributed by atoms with Crippen molar-refractivity contribution in [2.24, 2.45) is 0 Å². The van der Waals surface area contributed by atoms with Crippen molar-refractivity contribution in [1.82, 2.24) is 19.8 Å². The maximum absolute atomic E-state index is 13.7. The third-order valence-corrected chi connectivity index (χ3v) is 6.67. The van der Waals surface area contributed by atoms with Crippen molar-refractivity contribution in [1.29, 1.82) is 0 Å². The van der Waals surface area contributed by atoms with E-state index in [9.17, 15) is 9.18 Å². The Morgan fingerprint density at radius 1 is 1.00 bits per heavy atom. The van der Waals surface area contributed by atoms with Gasteiger partial charge >= 0.3 is 0 Å². The van der Waals surface area contributed by atoms with Crippen LogP contribution in [0.15, 0.2) is 60.9 Å². The Morgan fingerprint density at radius 2 is 1.85 bits per heavy atom. The fourth-order valence-electron chi connectivity index (χ4n) is 5.05. The first-order valence-electron chi connectivity index (χ1n) is 11.8. The van der Waals surface area contributed by atoms with E-state index in [4.69, 9.17) is 4.98 Å². The maximum Gasteiger partial charge on any atom is 0.254 e. The van der Waals surface area contributed by atoms with Crippen molar-refractivity contribution in [3.63, 3.8) is 0 Å². The third kappa shape index (κ3) is 4.96. The lowest BCUT2D eigenvalue weighted by Crippen LogP contribution is -2.32. The lowest BCUT2D eigenvalue weighted by atomic mass is 10.0. The van der Waals surface area contributed by atoms with Crippen molar-refractivity contribution in [2.45, 2.75) is 44.7 Å². The van der Waals surface area contributed by atoms with Crippen molar-refractivity contribution in [2.75, 3.05) is 19.6 Å². The number of benzene rings is 2. The molecule has 2 aliphatic rings. The van der Waals surface area contributed by atoms with Crippen LogP contribution in [0.1, 0.15) is 64.6 Å². The predicted molar refractivity (Wildman–Crippen MR) is 125 cm³/mol. The number of amides is 1. The fraction of sp³-hybridized carbons (Fsp3) is 0.370. The van der Waals surface area contributed by atoms with E-state index >= 15 is 0 Å². The van der Waals surface area contributed by atoms with Gasteiger partial charge in [0.15, 0.2) is 0 Å². The van der Waals surface area contributed by atoms with Crippen LogP contribution in [0, 0.1) is 5.82 Å². The van der Waals surface area contributed by atoms with Crippen LogP contribution in [0.25, 0.3) is 0 Å². The van der Waals surface area contributed by atoms with E-state index in [2.05, 4.69) is 16.0 Å². The van der Waals surface area contributed by atoms with Crippen molar-refractivity contribution >= 4 is 5.91 Å². The largest absolute Gasteiger partial charge is 0.330 e. The summed E-state index contributed by atoms with van der Waals surface area (Å²) < 4.78 is 13.6. The van der Waals surface area contributed by atoms with Crippen LogP contribution in [0.5, 0.6) is 0 Å². The summed E-state index contributed by atoms with van der Waals surface area (Å²) in [6, 6.07) is 14.5. The normalized spacial score (nSPS) is 18.7. The topological polar surface area (TPSA) is 49.3 Å². The molecule has 1 aromatic heterocycles. The molecule has 1 amide bonds. The number of likely N-dealkylation sites (tertiary alicyclic amines) is 2. The van der Waals surface area contributed by atoms with Crippen molar-refractivity contribution < 1.29 is 9.18 Å². The SMILES string of the molecule is O=C(c1ccccc1CN1CCCC1)N1CCC[C@@H]1c1cncc(Cc2cccc(F)c2)n1. The lowest BCUT2D eigenvalue weighted by molar-refractivity contribution is 0.0730. The zero-order valence-corrected chi connectivity index (χ0v) is 18.8. The highest BCUT2D eigenvalue weighted by Crippen LogP contribution is 2.33. The van der Waals surface area contributed by atoms with Gasteiger partial charge in [-0.25, -0.2) is 4.39 Å². The van der Waals surface area contributed by atoms with E-state index < -0.39 is 0 Å². The molecule has 1 atom stereocenters. The third-order valence-electron chi connectivity index (χ3n) is 6.67. The van der Waals surface area contributed by atoms with Crippen molar-refractivity contribution in [3.8, 4) is 0 Å². The van der Waals surface area contributed by atoms with E-state index in [1.807, 2.05) is 29.2 Å². The highest BCUT2D eigenvalue weighted by Gasteiger charge is 2.33. The fourth-order valence-corrected chi connectivity index (χ4v) is 5.05. The monoisotopic (exact) mass is 444 g/mol. The molecule has 0 aliphatic carbocycles. The molecule has 170 valence electrons. The Balaban J connectivity index is 1.36. The van der Waals surface area contributed by atoms with Gasteiger partial charge in [-0.15, -0.1) is 0 Å². The number of carbonyl (C=O) groups excluding carboxylic acids is 1. The summed E-state index contributed by atoms with van der Waals surface area (Å²) in [5.74, 6) is -0.179. The highest BCUT2D eigenvalue weighted by atomic mass is 19.1. The van der Waals surface area contributed by atoms with E-state index in [1.165, 1.54) is 25.0 Å². The van der Waals surface area contributed by atoms with E-state index in [-0.39, 0.29) is 17.8 Å². The Labute approximate surface area is 194 Å². The van der Waals surface area contributed by atoms with Crippen LogP contribution in [-0.2, 0) is 13.0 Å². The first-order chi connectivity index (χ1) is 16.2. The van der Waals surface area contributed by atoms with Gasteiger partial charge < -0.3 is 4.90 Å². The van der Waals surface area contributed by atoms with Crippen LogP contribution in [-0.4, -0.2) is 45.3 Å². The van der Waals surface area contributed by atoms with E-state index in [1.54, 1.807) is 18.5 Å². The van der Waals surface area contributed by atoms with Gasteiger partial charge in [-0.1, -0.05) is 30.3 Å². The molecule has 5 nitrogen and oxygen atoms in total. The molecule has 0 radical (unpaired) electrons. The first kappa shape index (κ1) is 21.7. The van der Waals surface area contributed by atoms with Gasteiger partial charge in [0.1, 0.15) is 5.82 Å². The van der Waals surface area contributed by atoms with Gasteiger partial charge in [-0.2, -0.15) is 0 Å². The number of rotatable bonds is 6. The summed E-state index contributed by atoms with van der Waals surface area (Å²) in [7, 11) is 0. The van der Waals surface area contributed by atoms with Crippen LogP contribution in [0.4, 0.5) is 4.39 Å². The van der Waals surface area contributed by atoms with Gasteiger partial charge in [0.25, 0.3) is 5.91 Å². The van der Waals surface area contributed by atoms with E-state index in [0.29, 0.717) is 6.42 Å². The molecular formula is C27H29FN4O. The van der Waals surface area contributed by atoms with Gasteiger partial charge in [-0.3, -0.25) is 19.7 Å². The number of halogens is 1. The molecule has 0 spiro atoms. The molecule has 33 heavy (non-hydrogen) atoms. The van der Waals surface area contributed by atoms with Crippen LogP contribution >= 0.6 is 0 Å². The minimum Gasteiger partial charge on any atom is -0.330 e. The molecule has 2 fully saturated rings.